The Morgan fingerprint density at radius 2 is 1.94 bits per heavy atom. The van der Waals surface area contributed by atoms with E-state index in [2.05, 4.69) is 5.32 Å². The minimum atomic E-state index is -4.10. The van der Waals surface area contributed by atoms with Crippen LogP contribution in [0.15, 0.2) is 0 Å². The van der Waals surface area contributed by atoms with Crippen LogP contribution < -0.4 is 5.32 Å². The van der Waals surface area contributed by atoms with Gasteiger partial charge in [0, 0.05) is 26.2 Å². The Bertz CT molecular complexity index is 241. The Hall–Kier alpha value is 0.0600. The summed E-state index contributed by atoms with van der Waals surface area (Å²) < 4.78 is 38.6. The van der Waals surface area contributed by atoms with E-state index >= 15 is 0 Å². The Kier molecular flexibility index (Phi) is 4.60. The van der Waals surface area contributed by atoms with Gasteiger partial charge in [-0.2, -0.15) is 24.9 Å². The van der Waals surface area contributed by atoms with Crippen molar-refractivity contribution in [3.63, 3.8) is 0 Å². The van der Waals surface area contributed by atoms with Gasteiger partial charge in [0.2, 0.25) is 0 Å². The van der Waals surface area contributed by atoms with E-state index in [1.807, 2.05) is 11.8 Å². The molecule has 0 radical (unpaired) electrons. The summed E-state index contributed by atoms with van der Waals surface area (Å²) in [4.78, 5) is 1.64. The van der Waals surface area contributed by atoms with Gasteiger partial charge in [-0.25, -0.2) is 0 Å². The van der Waals surface area contributed by atoms with Crippen molar-refractivity contribution in [2.45, 2.75) is 25.1 Å². The average molecular weight is 268 g/mol. The van der Waals surface area contributed by atoms with Crippen molar-refractivity contribution in [3.8, 4) is 0 Å². The molecule has 2 aliphatic rings. The van der Waals surface area contributed by atoms with Crippen molar-refractivity contribution in [1.82, 2.24) is 10.2 Å². The maximum absolute atomic E-state index is 12.9. The predicted molar refractivity (Wildman–Crippen MR) is 64.3 cm³/mol. The van der Waals surface area contributed by atoms with E-state index in [0.29, 0.717) is 25.6 Å². The van der Waals surface area contributed by atoms with E-state index in [4.69, 9.17) is 0 Å². The molecule has 17 heavy (non-hydrogen) atoms. The number of nitrogens with one attached hydrogen (secondary N) is 1. The summed E-state index contributed by atoms with van der Waals surface area (Å²) in [6, 6.07) is -1.29. The fourth-order valence-electron chi connectivity index (χ4n) is 2.55. The number of alkyl halides is 3. The first-order valence-electron chi connectivity index (χ1n) is 6.16. The summed E-state index contributed by atoms with van der Waals surface area (Å²) in [6.45, 7) is 1.86. The molecule has 0 spiro atoms. The number of thioether (sulfide) groups is 1. The van der Waals surface area contributed by atoms with Crippen molar-refractivity contribution >= 4 is 11.8 Å². The fraction of sp³-hybridized carbons (Fsp3) is 1.00. The van der Waals surface area contributed by atoms with Crippen LogP contribution in [0.3, 0.4) is 0 Å². The molecule has 0 aliphatic carbocycles. The van der Waals surface area contributed by atoms with Crippen LogP contribution in [0.5, 0.6) is 0 Å². The van der Waals surface area contributed by atoms with Crippen LogP contribution in [-0.4, -0.2) is 54.8 Å². The van der Waals surface area contributed by atoms with Crippen molar-refractivity contribution in [2.24, 2.45) is 5.92 Å². The van der Waals surface area contributed by atoms with Gasteiger partial charge in [-0.3, -0.25) is 4.90 Å². The van der Waals surface area contributed by atoms with Crippen molar-refractivity contribution < 1.29 is 13.2 Å². The van der Waals surface area contributed by atoms with Gasteiger partial charge in [-0.1, -0.05) is 0 Å². The molecule has 1 atom stereocenters. The van der Waals surface area contributed by atoms with Crippen LogP contribution in [0.1, 0.15) is 12.8 Å². The number of hydrogen-bond donors (Lipinski definition) is 1. The van der Waals surface area contributed by atoms with Crippen molar-refractivity contribution in [3.05, 3.63) is 0 Å². The second-order valence-corrected chi connectivity index (χ2v) is 6.04. The molecule has 0 amide bonds. The number of nitrogens with zero attached hydrogens (tertiary/aromatic N) is 1. The average Bonchev–Trinajstić information content (AvgIpc) is 2.30. The summed E-state index contributed by atoms with van der Waals surface area (Å²) in [5.41, 5.74) is 0. The lowest BCUT2D eigenvalue weighted by atomic mass is 10.0. The van der Waals surface area contributed by atoms with E-state index in [1.54, 1.807) is 4.90 Å². The molecule has 2 rings (SSSR count). The molecule has 2 aliphatic heterocycles. The maximum atomic E-state index is 12.9. The zero-order chi connectivity index (χ0) is 12.3. The first kappa shape index (κ1) is 13.5. The van der Waals surface area contributed by atoms with E-state index in [9.17, 15) is 13.2 Å². The second-order valence-electron chi connectivity index (χ2n) is 4.81. The smallest absolute Gasteiger partial charge is 0.314 e. The molecular weight excluding hydrogens is 249 g/mol. The lowest BCUT2D eigenvalue weighted by Crippen LogP contribution is -2.58. The number of piperazine rings is 1. The molecular formula is C11H19F3N2S. The first-order chi connectivity index (χ1) is 8.07. The highest BCUT2D eigenvalue weighted by atomic mass is 32.2. The van der Waals surface area contributed by atoms with Crippen LogP contribution in [-0.2, 0) is 0 Å². The SMILES string of the molecule is FC(F)(F)C1CNCCN1CC1CCSCC1. The van der Waals surface area contributed by atoms with Gasteiger partial charge < -0.3 is 5.32 Å². The Balaban J connectivity index is 1.91. The molecule has 100 valence electrons. The van der Waals surface area contributed by atoms with Gasteiger partial charge in [0.1, 0.15) is 6.04 Å². The molecule has 2 saturated heterocycles. The van der Waals surface area contributed by atoms with Gasteiger partial charge >= 0.3 is 6.18 Å². The quantitative estimate of drug-likeness (QED) is 0.824. The molecule has 2 fully saturated rings. The number of hydrogen-bond acceptors (Lipinski definition) is 3. The standard InChI is InChI=1S/C11H19F3N2S/c12-11(13,14)10-7-15-3-4-16(10)8-9-1-5-17-6-2-9/h9-10,15H,1-8H2. The third kappa shape index (κ3) is 3.76. The highest BCUT2D eigenvalue weighted by molar-refractivity contribution is 7.99. The van der Waals surface area contributed by atoms with E-state index in [-0.39, 0.29) is 6.54 Å². The monoisotopic (exact) mass is 268 g/mol. The summed E-state index contributed by atoms with van der Waals surface area (Å²) in [5, 5.41) is 2.84. The molecule has 1 N–H and O–H groups in total. The summed E-state index contributed by atoms with van der Waals surface area (Å²) in [7, 11) is 0. The molecule has 0 aromatic heterocycles. The predicted octanol–water partition coefficient (Wildman–Crippen LogP) is 1.97. The Morgan fingerprint density at radius 1 is 1.24 bits per heavy atom. The van der Waals surface area contributed by atoms with Crippen LogP contribution in [0.4, 0.5) is 13.2 Å². The van der Waals surface area contributed by atoms with Gasteiger partial charge in [0.15, 0.2) is 0 Å². The molecule has 0 bridgehead atoms. The maximum Gasteiger partial charge on any atom is 0.405 e. The lowest BCUT2D eigenvalue weighted by molar-refractivity contribution is -0.188. The van der Waals surface area contributed by atoms with Crippen LogP contribution in [0, 0.1) is 5.92 Å². The zero-order valence-electron chi connectivity index (χ0n) is 9.80. The van der Waals surface area contributed by atoms with Crippen molar-refractivity contribution in [1.29, 1.82) is 0 Å². The summed E-state index contributed by atoms with van der Waals surface area (Å²) >= 11 is 1.91. The molecule has 2 nitrogen and oxygen atoms in total. The van der Waals surface area contributed by atoms with E-state index in [0.717, 1.165) is 24.3 Å². The summed E-state index contributed by atoms with van der Waals surface area (Å²) in [6.07, 6.45) is -1.96. The number of halogens is 3. The minimum Gasteiger partial charge on any atom is -0.314 e. The van der Waals surface area contributed by atoms with Crippen LogP contribution >= 0.6 is 11.8 Å². The largest absolute Gasteiger partial charge is 0.405 e. The van der Waals surface area contributed by atoms with Crippen molar-refractivity contribution in [2.75, 3.05) is 37.7 Å². The second kappa shape index (κ2) is 5.80. The number of rotatable bonds is 2. The van der Waals surface area contributed by atoms with E-state index < -0.39 is 12.2 Å². The van der Waals surface area contributed by atoms with Gasteiger partial charge in [0.05, 0.1) is 0 Å². The molecule has 1 unspecified atom stereocenters. The lowest BCUT2D eigenvalue weighted by Gasteiger charge is -2.39. The molecule has 2 heterocycles. The third-order valence-electron chi connectivity index (χ3n) is 3.57. The molecule has 0 aromatic rings. The summed E-state index contributed by atoms with van der Waals surface area (Å²) in [5.74, 6) is 2.67. The first-order valence-corrected chi connectivity index (χ1v) is 7.32. The van der Waals surface area contributed by atoms with Gasteiger partial charge in [-0.15, -0.1) is 0 Å². The minimum absolute atomic E-state index is 0.0466. The molecule has 0 saturated carbocycles. The third-order valence-corrected chi connectivity index (χ3v) is 4.61. The van der Waals surface area contributed by atoms with Gasteiger partial charge in [0.25, 0.3) is 0 Å². The Morgan fingerprint density at radius 3 is 2.59 bits per heavy atom. The fourth-order valence-corrected chi connectivity index (χ4v) is 3.75. The van der Waals surface area contributed by atoms with Crippen LogP contribution in [0.25, 0.3) is 0 Å². The molecule has 6 heteroatoms. The van der Waals surface area contributed by atoms with E-state index in [1.165, 1.54) is 0 Å². The normalized spacial score (nSPS) is 29.5. The zero-order valence-corrected chi connectivity index (χ0v) is 10.6. The highest BCUT2D eigenvalue weighted by Gasteiger charge is 2.44. The highest BCUT2D eigenvalue weighted by Crippen LogP contribution is 2.29. The van der Waals surface area contributed by atoms with Crippen LogP contribution in [0.2, 0.25) is 0 Å². The topological polar surface area (TPSA) is 15.3 Å². The Labute approximate surface area is 104 Å². The van der Waals surface area contributed by atoms with Gasteiger partial charge in [-0.05, 0) is 30.3 Å². The molecule has 0 aromatic carbocycles.